The average molecular weight is 384 g/mol. The first-order chi connectivity index (χ1) is 13.5. The monoisotopic (exact) mass is 384 g/mol. The van der Waals surface area contributed by atoms with Crippen molar-refractivity contribution in [3.8, 4) is 0 Å². The number of benzene rings is 2. The van der Waals surface area contributed by atoms with Gasteiger partial charge in [0.15, 0.2) is 0 Å². The van der Waals surface area contributed by atoms with Gasteiger partial charge in [-0.3, -0.25) is 4.79 Å². The van der Waals surface area contributed by atoms with Crippen LogP contribution in [0.4, 0.5) is 14.9 Å². The number of likely N-dealkylation sites (tertiary alicyclic amines) is 1. The van der Waals surface area contributed by atoms with Crippen LogP contribution >= 0.6 is 0 Å². The van der Waals surface area contributed by atoms with Crippen molar-refractivity contribution in [2.75, 3.05) is 25.0 Å². The highest BCUT2D eigenvalue weighted by Gasteiger charge is 2.44. The summed E-state index contributed by atoms with van der Waals surface area (Å²) in [5, 5.41) is 2.61. The Morgan fingerprint density at radius 1 is 1.14 bits per heavy atom. The highest BCUT2D eigenvalue weighted by Crippen LogP contribution is 2.35. The summed E-state index contributed by atoms with van der Waals surface area (Å²) in [4.78, 5) is 27.2. The zero-order valence-electron chi connectivity index (χ0n) is 16.0. The topological polar surface area (TPSA) is 58.6 Å². The fraction of sp³-hybridized carbons (Fsp3) is 0.364. The molecule has 3 rings (SSSR count). The molecular formula is C22H25FN2O3. The lowest BCUT2D eigenvalue weighted by atomic mass is 9.75. The molecule has 1 aliphatic heterocycles. The summed E-state index contributed by atoms with van der Waals surface area (Å²) in [6, 6.07) is 15.4. The molecule has 6 heteroatoms. The number of rotatable bonds is 5. The number of para-hydroxylation sites is 1. The SMILES string of the molecule is CCOC(=O)[C@]1(Cc2ccccc2)CCCN(C(=O)Nc2ccccc2F)C1. The predicted octanol–water partition coefficient (Wildman–Crippen LogP) is 4.25. The molecular weight excluding hydrogens is 359 g/mol. The molecule has 1 N–H and O–H groups in total. The van der Waals surface area contributed by atoms with E-state index in [9.17, 15) is 14.0 Å². The summed E-state index contributed by atoms with van der Waals surface area (Å²) in [5.74, 6) is -0.781. The van der Waals surface area contributed by atoms with Gasteiger partial charge in [0.1, 0.15) is 5.82 Å². The molecule has 0 saturated carbocycles. The number of anilines is 1. The molecule has 0 bridgehead atoms. The minimum atomic E-state index is -0.803. The number of carbonyl (C=O) groups is 2. The van der Waals surface area contributed by atoms with Crippen molar-refractivity contribution in [3.05, 3.63) is 66.0 Å². The zero-order chi connectivity index (χ0) is 20.0. The molecule has 0 spiro atoms. The van der Waals surface area contributed by atoms with Gasteiger partial charge in [-0.05, 0) is 43.9 Å². The molecule has 2 amide bonds. The Labute approximate surface area is 164 Å². The summed E-state index contributed by atoms with van der Waals surface area (Å²) < 4.78 is 19.2. The largest absolute Gasteiger partial charge is 0.466 e. The molecule has 1 saturated heterocycles. The van der Waals surface area contributed by atoms with E-state index in [0.29, 0.717) is 25.8 Å². The normalized spacial score (nSPS) is 19.1. The van der Waals surface area contributed by atoms with E-state index in [0.717, 1.165) is 5.56 Å². The van der Waals surface area contributed by atoms with E-state index in [1.807, 2.05) is 30.3 Å². The molecule has 148 valence electrons. The number of hydrogen-bond acceptors (Lipinski definition) is 3. The van der Waals surface area contributed by atoms with E-state index >= 15 is 0 Å². The number of esters is 1. The Morgan fingerprint density at radius 2 is 1.86 bits per heavy atom. The summed E-state index contributed by atoms with van der Waals surface area (Å²) in [7, 11) is 0. The van der Waals surface area contributed by atoms with Crippen molar-refractivity contribution in [3.63, 3.8) is 0 Å². The van der Waals surface area contributed by atoms with Crippen molar-refractivity contribution in [2.24, 2.45) is 5.41 Å². The lowest BCUT2D eigenvalue weighted by Crippen LogP contribution is -2.52. The second-order valence-electron chi connectivity index (χ2n) is 7.10. The molecule has 28 heavy (non-hydrogen) atoms. The van der Waals surface area contributed by atoms with Gasteiger partial charge in [-0.2, -0.15) is 0 Å². The van der Waals surface area contributed by atoms with Gasteiger partial charge in [0.25, 0.3) is 0 Å². The van der Waals surface area contributed by atoms with E-state index in [-0.39, 0.29) is 24.8 Å². The molecule has 2 aromatic carbocycles. The molecule has 0 radical (unpaired) electrons. The van der Waals surface area contributed by atoms with Gasteiger partial charge in [-0.15, -0.1) is 0 Å². The third-order valence-corrected chi connectivity index (χ3v) is 5.07. The van der Waals surface area contributed by atoms with Gasteiger partial charge >= 0.3 is 12.0 Å². The first-order valence-corrected chi connectivity index (χ1v) is 9.56. The number of amides is 2. The molecule has 2 aromatic rings. The smallest absolute Gasteiger partial charge is 0.321 e. The molecule has 1 heterocycles. The van der Waals surface area contributed by atoms with Crippen LogP contribution in [-0.2, 0) is 16.0 Å². The summed E-state index contributed by atoms with van der Waals surface area (Å²) >= 11 is 0. The Balaban J connectivity index is 1.80. The maximum atomic E-state index is 13.9. The number of carbonyl (C=O) groups excluding carboxylic acids is 2. The number of hydrogen-bond donors (Lipinski definition) is 1. The minimum Gasteiger partial charge on any atom is -0.466 e. The first-order valence-electron chi connectivity index (χ1n) is 9.56. The van der Waals surface area contributed by atoms with E-state index in [1.165, 1.54) is 12.1 Å². The van der Waals surface area contributed by atoms with Gasteiger partial charge in [0.05, 0.1) is 17.7 Å². The number of nitrogens with zero attached hydrogens (tertiary/aromatic N) is 1. The van der Waals surface area contributed by atoms with Crippen molar-refractivity contribution in [2.45, 2.75) is 26.2 Å². The second-order valence-corrected chi connectivity index (χ2v) is 7.10. The Bertz CT molecular complexity index is 828. The number of piperidine rings is 1. The number of urea groups is 1. The molecule has 5 nitrogen and oxygen atoms in total. The van der Waals surface area contributed by atoms with E-state index in [4.69, 9.17) is 4.74 Å². The van der Waals surface area contributed by atoms with Crippen LogP contribution in [0.5, 0.6) is 0 Å². The Morgan fingerprint density at radius 3 is 2.57 bits per heavy atom. The van der Waals surface area contributed by atoms with Crippen molar-refractivity contribution in [1.29, 1.82) is 0 Å². The van der Waals surface area contributed by atoms with Crippen LogP contribution in [0.25, 0.3) is 0 Å². The van der Waals surface area contributed by atoms with Crippen molar-refractivity contribution < 1.29 is 18.7 Å². The third-order valence-electron chi connectivity index (χ3n) is 5.07. The minimum absolute atomic E-state index is 0.128. The number of ether oxygens (including phenoxy) is 1. The Kier molecular flexibility index (Phi) is 6.29. The maximum absolute atomic E-state index is 13.9. The first kappa shape index (κ1) is 19.9. The average Bonchev–Trinajstić information content (AvgIpc) is 2.71. The van der Waals surface area contributed by atoms with Crippen LogP contribution in [0.15, 0.2) is 54.6 Å². The van der Waals surface area contributed by atoms with Crippen LogP contribution in [0.1, 0.15) is 25.3 Å². The quantitative estimate of drug-likeness (QED) is 0.784. The van der Waals surface area contributed by atoms with Crippen LogP contribution in [-0.4, -0.2) is 36.6 Å². The van der Waals surface area contributed by atoms with Gasteiger partial charge < -0.3 is 15.0 Å². The highest BCUT2D eigenvalue weighted by molar-refractivity contribution is 5.90. The van der Waals surface area contributed by atoms with Gasteiger partial charge in [-0.25, -0.2) is 9.18 Å². The lowest BCUT2D eigenvalue weighted by Gasteiger charge is -2.41. The molecule has 0 aromatic heterocycles. The lowest BCUT2D eigenvalue weighted by molar-refractivity contribution is -0.158. The van der Waals surface area contributed by atoms with Crippen LogP contribution in [0.2, 0.25) is 0 Å². The molecule has 0 aliphatic carbocycles. The van der Waals surface area contributed by atoms with Gasteiger partial charge in [-0.1, -0.05) is 42.5 Å². The number of nitrogens with one attached hydrogen (secondary N) is 1. The fourth-order valence-electron chi connectivity index (χ4n) is 3.72. The number of halogens is 1. The summed E-state index contributed by atoms with van der Waals surface area (Å²) in [6.07, 6.45) is 1.82. The third kappa shape index (κ3) is 4.50. The molecule has 1 atom stereocenters. The van der Waals surface area contributed by atoms with E-state index in [2.05, 4.69) is 5.32 Å². The van der Waals surface area contributed by atoms with Gasteiger partial charge in [0, 0.05) is 13.1 Å². The summed E-state index contributed by atoms with van der Waals surface area (Å²) in [6.45, 7) is 2.81. The maximum Gasteiger partial charge on any atom is 0.321 e. The standard InChI is InChI=1S/C22H25FN2O3/c1-2-28-20(26)22(15-17-9-4-3-5-10-17)13-8-14-25(16-22)21(27)24-19-12-7-6-11-18(19)23/h3-7,9-12H,2,8,13-16H2,1H3,(H,24,27)/t22-/m0/s1. The van der Waals surface area contributed by atoms with Gasteiger partial charge in [0.2, 0.25) is 0 Å². The van der Waals surface area contributed by atoms with Crippen LogP contribution in [0, 0.1) is 11.2 Å². The predicted molar refractivity (Wildman–Crippen MR) is 105 cm³/mol. The van der Waals surface area contributed by atoms with Crippen LogP contribution in [0.3, 0.4) is 0 Å². The molecule has 1 fully saturated rings. The fourth-order valence-corrected chi connectivity index (χ4v) is 3.72. The summed E-state index contributed by atoms with van der Waals surface area (Å²) in [5.41, 5.74) is 0.345. The second kappa shape index (κ2) is 8.87. The molecule has 1 aliphatic rings. The highest BCUT2D eigenvalue weighted by atomic mass is 19.1. The van der Waals surface area contributed by atoms with Crippen molar-refractivity contribution >= 4 is 17.7 Å². The van der Waals surface area contributed by atoms with E-state index < -0.39 is 17.3 Å². The Hall–Kier alpha value is -2.89. The van der Waals surface area contributed by atoms with Crippen molar-refractivity contribution in [1.82, 2.24) is 4.90 Å². The molecule has 0 unspecified atom stereocenters. The van der Waals surface area contributed by atoms with E-state index in [1.54, 1.807) is 24.0 Å². The van der Waals surface area contributed by atoms with Crippen LogP contribution < -0.4 is 5.32 Å². The zero-order valence-corrected chi connectivity index (χ0v) is 16.0.